The van der Waals surface area contributed by atoms with Crippen LogP contribution in [0.15, 0.2) is 391 Å². The Bertz CT molecular complexity index is 4700. The van der Waals surface area contributed by atoms with Crippen LogP contribution in [0, 0.1) is 0 Å². The summed E-state index contributed by atoms with van der Waals surface area (Å²) in [6.45, 7) is 0. The summed E-state index contributed by atoms with van der Waals surface area (Å²) < 4.78 is 4.61. The Morgan fingerprint density at radius 3 is 0.875 bits per heavy atom. The molecule has 16 aromatic rings. The zero-order valence-electron chi connectivity index (χ0n) is 48.1. The van der Waals surface area contributed by atoms with Crippen LogP contribution in [-0.2, 0) is 0 Å². The van der Waals surface area contributed by atoms with Crippen molar-refractivity contribution in [2.75, 3.05) is 0 Å². The summed E-state index contributed by atoms with van der Waals surface area (Å²) in [5, 5.41) is 4.61. The quantitative estimate of drug-likeness (QED) is 0.115. The minimum Gasteiger partial charge on any atom is -0.294 e. The van der Waals surface area contributed by atoms with Crippen LogP contribution in [0.3, 0.4) is 0 Å². The first-order valence-electron chi connectivity index (χ1n) is 29.8. The lowest BCUT2D eigenvalue weighted by atomic mass is 10.1. The average molecular weight is 1160 g/mol. The van der Waals surface area contributed by atoms with Gasteiger partial charge in [-0.3, -0.25) is 9.13 Å². The van der Waals surface area contributed by atoms with Gasteiger partial charge in [0, 0.05) is 72.3 Å². The molecule has 16 rings (SSSR count). The molecule has 0 amide bonds. The van der Waals surface area contributed by atoms with E-state index >= 15 is 0 Å². The molecule has 0 radical (unpaired) electrons. The zero-order valence-corrected chi connectivity index (χ0v) is 49.7. The molecule has 4 nitrogen and oxygen atoms in total. The smallest absolute Gasteiger partial charge is 0.237 e. The first kappa shape index (κ1) is 52.8. The van der Waals surface area contributed by atoms with E-state index in [0.717, 1.165) is 71.8 Å². The Morgan fingerprint density at radius 1 is 0.205 bits per heavy atom. The molecule has 0 aliphatic carbocycles. The van der Waals surface area contributed by atoms with Gasteiger partial charge in [0.15, 0.2) is 0 Å². The van der Waals surface area contributed by atoms with Crippen molar-refractivity contribution in [2.24, 2.45) is 0 Å². The van der Waals surface area contributed by atoms with E-state index in [1.54, 1.807) is 0 Å². The maximum atomic E-state index is 5.96. The normalized spacial score (nSPS) is 12.2. The van der Waals surface area contributed by atoms with E-state index < -0.39 is 20.1 Å². The van der Waals surface area contributed by atoms with Crippen LogP contribution in [-0.4, -0.2) is 19.1 Å². The Balaban J connectivity index is 1.10. The van der Waals surface area contributed by atoms with Crippen molar-refractivity contribution in [1.82, 2.24) is 19.1 Å². The molecule has 3 heterocycles. The molecule has 0 N–H and O–H groups in total. The van der Waals surface area contributed by atoms with Crippen LogP contribution in [0.2, 0.25) is 0 Å². The molecule has 6 heteroatoms. The van der Waals surface area contributed by atoms with Crippen LogP contribution in [0.5, 0.6) is 0 Å². The summed E-state index contributed by atoms with van der Waals surface area (Å²) in [5.74, 6) is 1.35. The van der Waals surface area contributed by atoms with E-state index in [0.29, 0.717) is 5.95 Å². The highest BCUT2D eigenvalue weighted by Gasteiger charge is 2.39. The van der Waals surface area contributed by atoms with E-state index in [4.69, 9.17) is 9.97 Å². The summed E-state index contributed by atoms with van der Waals surface area (Å²) in [6.07, 6.45) is 0. The molecule has 13 aromatic carbocycles. The molecule has 0 atom stereocenters. The first-order chi connectivity index (χ1) is 43.6. The minimum absolute atomic E-state index is 0.583. The second-order valence-corrected chi connectivity index (χ2v) is 28.3. The molecule has 0 unspecified atom stereocenters. The maximum absolute atomic E-state index is 5.96. The lowest BCUT2D eigenvalue weighted by Crippen LogP contribution is -2.10. The number of benzene rings is 13. The van der Waals surface area contributed by atoms with Gasteiger partial charge in [0.2, 0.25) is 5.95 Å². The van der Waals surface area contributed by atoms with Crippen molar-refractivity contribution < 1.29 is 0 Å². The molecule has 3 aromatic heterocycles. The molecule has 0 saturated heterocycles. The van der Waals surface area contributed by atoms with Gasteiger partial charge in [0.25, 0.3) is 0 Å². The summed E-state index contributed by atoms with van der Waals surface area (Å²) in [6, 6.07) is 130. The van der Waals surface area contributed by atoms with Gasteiger partial charge in [0.1, 0.15) is 5.82 Å². The van der Waals surface area contributed by atoms with E-state index in [1.165, 1.54) is 50.3 Å². The highest BCUT2D eigenvalue weighted by atomic mass is 32.3. The number of aromatic nitrogens is 4. The second-order valence-electron chi connectivity index (χ2n) is 22.1. The van der Waals surface area contributed by atoms with Gasteiger partial charge in [-0.2, -0.15) is 4.98 Å². The minimum atomic E-state index is -2.42. The van der Waals surface area contributed by atoms with Gasteiger partial charge in [-0.15, -0.1) is 20.1 Å². The predicted molar refractivity (Wildman–Crippen MR) is 367 cm³/mol. The summed E-state index contributed by atoms with van der Waals surface area (Å²) >= 11 is 0. The molecule has 0 aliphatic rings. The highest BCUT2D eigenvalue weighted by Crippen LogP contribution is 2.78. The molecule has 0 fully saturated rings. The first-order valence-corrected chi connectivity index (χ1v) is 33.1. The lowest BCUT2D eigenvalue weighted by Gasteiger charge is -2.45. The molecular weight excluding hydrogens is 1110 g/mol. The third kappa shape index (κ3) is 8.79. The molecular formula is C82H58N4S2. The monoisotopic (exact) mass is 1160 g/mol. The molecule has 0 spiro atoms. The number of nitrogens with zero attached hydrogens (tertiary/aromatic N) is 4. The number of hydrogen-bond donors (Lipinski definition) is 0. The standard InChI is InChI=1S/C82H58N4S2/c1-7-29-59(30-8-1)61-33-27-43-68(53-61)87(64-35-11-3-12-36-64,65-37-13-4-14-38-65)70-55-63(56-71(57-70)88(66-39-15-5-16-40-66,67-41-17-6-18-42-67)69-44-28-34-62(54-69)60-31-9-2-10-32-60)76-58-81(85-77-49-23-19-45-72(77)73-46-20-24-50-78(73)85)84-82(83-76)86-79-51-25-21-47-74(79)75-48-22-26-52-80(75)86/h1-58H. The fourth-order valence-electron chi connectivity index (χ4n) is 13.3. The molecule has 0 aliphatic heterocycles. The van der Waals surface area contributed by atoms with Crippen molar-refractivity contribution in [2.45, 2.75) is 39.2 Å². The maximum Gasteiger partial charge on any atom is 0.237 e. The fraction of sp³-hybridized carbons (Fsp3) is 0. The van der Waals surface area contributed by atoms with Crippen molar-refractivity contribution in [3.8, 4) is 45.3 Å². The van der Waals surface area contributed by atoms with Crippen LogP contribution < -0.4 is 0 Å². The predicted octanol–water partition coefficient (Wildman–Crippen LogP) is 22.4. The molecule has 0 saturated carbocycles. The van der Waals surface area contributed by atoms with Gasteiger partial charge in [-0.1, -0.05) is 231 Å². The zero-order chi connectivity index (χ0) is 58.4. The second kappa shape index (κ2) is 22.3. The van der Waals surface area contributed by atoms with Crippen molar-refractivity contribution in [1.29, 1.82) is 0 Å². The van der Waals surface area contributed by atoms with Gasteiger partial charge < -0.3 is 0 Å². The van der Waals surface area contributed by atoms with E-state index in [1.807, 2.05) is 0 Å². The number of hydrogen-bond acceptors (Lipinski definition) is 2. The highest BCUT2D eigenvalue weighted by molar-refractivity contribution is 8.34. The van der Waals surface area contributed by atoms with Gasteiger partial charge in [-0.05, 0) is 138 Å². The topological polar surface area (TPSA) is 35.6 Å². The van der Waals surface area contributed by atoms with Crippen molar-refractivity contribution in [3.05, 3.63) is 352 Å². The summed E-state index contributed by atoms with van der Waals surface area (Å²) in [4.78, 5) is 21.4. The largest absolute Gasteiger partial charge is 0.294 e. The average Bonchev–Trinajstić information content (AvgIpc) is 1.06. The Morgan fingerprint density at radius 2 is 0.500 bits per heavy atom. The summed E-state index contributed by atoms with van der Waals surface area (Å²) in [5.41, 5.74) is 10.6. The summed E-state index contributed by atoms with van der Waals surface area (Å²) in [7, 11) is -4.83. The third-order valence-corrected chi connectivity index (χ3v) is 24.9. The third-order valence-electron chi connectivity index (χ3n) is 17.1. The van der Waals surface area contributed by atoms with Gasteiger partial charge in [0.05, 0.1) is 27.8 Å². The van der Waals surface area contributed by atoms with E-state index in [2.05, 4.69) is 361 Å². The van der Waals surface area contributed by atoms with Gasteiger partial charge >= 0.3 is 0 Å². The van der Waals surface area contributed by atoms with E-state index in [-0.39, 0.29) is 0 Å². The van der Waals surface area contributed by atoms with Crippen molar-refractivity contribution in [3.63, 3.8) is 0 Å². The molecule has 88 heavy (non-hydrogen) atoms. The van der Waals surface area contributed by atoms with Crippen LogP contribution >= 0.6 is 20.1 Å². The Kier molecular flexibility index (Phi) is 13.3. The Labute approximate surface area is 515 Å². The number of fused-ring (bicyclic) bond motifs is 6. The van der Waals surface area contributed by atoms with Crippen LogP contribution in [0.25, 0.3) is 88.9 Å². The number of para-hydroxylation sites is 4. The molecule has 418 valence electrons. The van der Waals surface area contributed by atoms with Crippen molar-refractivity contribution >= 4 is 63.7 Å². The van der Waals surface area contributed by atoms with E-state index in [9.17, 15) is 0 Å². The number of rotatable bonds is 13. The Hall–Kier alpha value is -10.8. The SMILES string of the molecule is c1ccc(-c2cccc(S(c3ccccc3)(c3ccccc3)c3cc(-c4cc(-n5c6ccccc6c6ccccc65)nc(-n5c6ccccc6c6ccccc65)n4)cc(S(c4ccccc4)(c4ccccc4)c4cccc(-c5ccccc5)c4)c3)c2)cc1. The van der Waals surface area contributed by atoms with Crippen LogP contribution in [0.4, 0.5) is 0 Å². The van der Waals surface area contributed by atoms with Gasteiger partial charge in [-0.25, -0.2) is 4.98 Å². The lowest BCUT2D eigenvalue weighted by molar-refractivity contribution is 0.951. The van der Waals surface area contributed by atoms with Crippen LogP contribution in [0.1, 0.15) is 0 Å². The molecule has 0 bridgehead atoms. The fourth-order valence-corrected chi connectivity index (χ4v) is 21.3.